The Morgan fingerprint density at radius 1 is 1.63 bits per heavy atom. The normalized spacial score (nSPS) is 19.2. The number of amides is 1. The van der Waals surface area contributed by atoms with Gasteiger partial charge in [-0.1, -0.05) is 0 Å². The van der Waals surface area contributed by atoms with Crippen LogP contribution in [0.1, 0.15) is 0 Å². The standard InChI is InChI=1S/C10H12BrN5O3/c11-6-3-14-4-7(16(18)19)9(6)15-2-1-13-5-8(15)10(12)17/h3-4,8,13H,1-2,5H2,(H2,12,17). The number of primary amides is 1. The van der Waals surface area contributed by atoms with Gasteiger partial charge in [0.25, 0.3) is 0 Å². The van der Waals surface area contributed by atoms with Crippen LogP contribution in [0.25, 0.3) is 0 Å². The second-order valence-electron chi connectivity index (χ2n) is 4.06. The number of rotatable bonds is 3. The maximum Gasteiger partial charge on any atom is 0.311 e. The molecule has 0 radical (unpaired) electrons. The molecule has 0 spiro atoms. The number of aromatic nitrogens is 1. The molecule has 1 aliphatic heterocycles. The van der Waals surface area contributed by atoms with E-state index in [1.807, 2.05) is 0 Å². The highest BCUT2D eigenvalue weighted by molar-refractivity contribution is 9.10. The van der Waals surface area contributed by atoms with Crippen molar-refractivity contribution in [2.45, 2.75) is 6.04 Å². The summed E-state index contributed by atoms with van der Waals surface area (Å²) in [5, 5.41) is 14.1. The van der Waals surface area contributed by atoms with Crippen LogP contribution in [0.2, 0.25) is 0 Å². The Morgan fingerprint density at radius 2 is 2.37 bits per heavy atom. The van der Waals surface area contributed by atoms with Crippen LogP contribution in [0.5, 0.6) is 0 Å². The van der Waals surface area contributed by atoms with E-state index >= 15 is 0 Å². The van der Waals surface area contributed by atoms with Crippen LogP contribution in [0.15, 0.2) is 16.9 Å². The van der Waals surface area contributed by atoms with Crippen molar-refractivity contribution in [2.24, 2.45) is 5.73 Å². The fourth-order valence-corrected chi connectivity index (χ4v) is 2.61. The number of hydrogen-bond donors (Lipinski definition) is 2. The number of hydrogen-bond acceptors (Lipinski definition) is 6. The molecule has 1 aromatic rings. The molecule has 1 atom stereocenters. The number of nitrogens with two attached hydrogens (primary N) is 1. The lowest BCUT2D eigenvalue weighted by atomic mass is 10.1. The van der Waals surface area contributed by atoms with E-state index in [1.165, 1.54) is 12.4 Å². The molecule has 1 aromatic heterocycles. The number of pyridine rings is 1. The summed E-state index contributed by atoms with van der Waals surface area (Å²) in [6.45, 7) is 1.44. The molecule has 3 N–H and O–H groups in total. The van der Waals surface area contributed by atoms with Gasteiger partial charge >= 0.3 is 5.69 Å². The molecule has 0 aromatic carbocycles. The average Bonchev–Trinajstić information content (AvgIpc) is 2.38. The third-order valence-electron chi connectivity index (χ3n) is 2.91. The molecule has 1 fully saturated rings. The second kappa shape index (κ2) is 5.49. The van der Waals surface area contributed by atoms with Crippen molar-refractivity contribution in [3.8, 4) is 0 Å². The SMILES string of the molecule is NC(=O)C1CNCCN1c1c(Br)cncc1[N+](=O)[O-]. The topological polar surface area (TPSA) is 114 Å². The Kier molecular flexibility index (Phi) is 3.96. The summed E-state index contributed by atoms with van der Waals surface area (Å²) in [4.78, 5) is 27.5. The van der Waals surface area contributed by atoms with Gasteiger partial charge < -0.3 is 16.0 Å². The number of nitrogens with one attached hydrogen (secondary N) is 1. The van der Waals surface area contributed by atoms with Crippen molar-refractivity contribution in [1.82, 2.24) is 10.3 Å². The number of carbonyl (C=O) groups is 1. The van der Waals surface area contributed by atoms with Gasteiger partial charge in [0.1, 0.15) is 17.9 Å². The van der Waals surface area contributed by atoms with E-state index < -0.39 is 16.9 Å². The number of carbonyl (C=O) groups excluding carboxylic acids is 1. The molecule has 0 saturated carbocycles. The van der Waals surface area contributed by atoms with Gasteiger partial charge in [-0.15, -0.1) is 0 Å². The third kappa shape index (κ3) is 2.66. The Hall–Kier alpha value is -1.74. The van der Waals surface area contributed by atoms with E-state index in [-0.39, 0.29) is 5.69 Å². The summed E-state index contributed by atoms with van der Waals surface area (Å²) in [5.74, 6) is -0.523. The first-order chi connectivity index (χ1) is 9.02. The van der Waals surface area contributed by atoms with Crippen molar-refractivity contribution in [3.05, 3.63) is 27.0 Å². The lowest BCUT2D eigenvalue weighted by Crippen LogP contribution is -2.57. The molecule has 1 aliphatic rings. The lowest BCUT2D eigenvalue weighted by Gasteiger charge is -2.35. The molecule has 9 heteroatoms. The molecule has 2 heterocycles. The molecule has 102 valence electrons. The number of piperazine rings is 1. The first-order valence-corrected chi connectivity index (χ1v) is 6.36. The summed E-state index contributed by atoms with van der Waals surface area (Å²) < 4.78 is 0.467. The number of nitrogens with zero attached hydrogens (tertiary/aromatic N) is 3. The zero-order valence-electron chi connectivity index (χ0n) is 9.88. The summed E-state index contributed by atoms with van der Waals surface area (Å²) in [5.41, 5.74) is 5.54. The van der Waals surface area contributed by atoms with Gasteiger partial charge in [-0.2, -0.15) is 0 Å². The molecule has 0 aliphatic carbocycles. The van der Waals surface area contributed by atoms with E-state index in [4.69, 9.17) is 5.73 Å². The molecule has 19 heavy (non-hydrogen) atoms. The van der Waals surface area contributed by atoms with Gasteiger partial charge in [0.15, 0.2) is 0 Å². The summed E-state index contributed by atoms with van der Waals surface area (Å²) in [7, 11) is 0. The van der Waals surface area contributed by atoms with Crippen molar-refractivity contribution in [1.29, 1.82) is 0 Å². The van der Waals surface area contributed by atoms with Crippen LogP contribution in [-0.4, -0.2) is 41.5 Å². The smallest absolute Gasteiger partial charge is 0.311 e. The van der Waals surface area contributed by atoms with Crippen LogP contribution in [0.3, 0.4) is 0 Å². The summed E-state index contributed by atoms with van der Waals surface area (Å²) in [6, 6.07) is -0.619. The predicted molar refractivity (Wildman–Crippen MR) is 71.8 cm³/mol. The van der Waals surface area contributed by atoms with E-state index in [0.717, 1.165) is 0 Å². The Bertz CT molecular complexity index is 524. The monoisotopic (exact) mass is 329 g/mol. The van der Waals surface area contributed by atoms with Crippen LogP contribution in [-0.2, 0) is 4.79 Å². The van der Waals surface area contributed by atoms with Crippen LogP contribution in [0, 0.1) is 10.1 Å². The fourth-order valence-electron chi connectivity index (χ4n) is 2.06. The minimum absolute atomic E-state index is 0.150. The number of halogens is 1. The Balaban J connectivity index is 2.49. The van der Waals surface area contributed by atoms with Crippen molar-refractivity contribution >= 4 is 33.2 Å². The first-order valence-electron chi connectivity index (χ1n) is 5.57. The molecule has 0 bridgehead atoms. The largest absolute Gasteiger partial charge is 0.368 e. The van der Waals surface area contributed by atoms with E-state index in [1.54, 1.807) is 4.90 Å². The quantitative estimate of drug-likeness (QED) is 0.596. The Labute approximate surface area is 117 Å². The second-order valence-corrected chi connectivity index (χ2v) is 4.92. The lowest BCUT2D eigenvalue weighted by molar-refractivity contribution is -0.384. The average molecular weight is 330 g/mol. The number of anilines is 1. The van der Waals surface area contributed by atoms with Gasteiger partial charge in [0, 0.05) is 25.8 Å². The molecule has 2 rings (SSSR count). The van der Waals surface area contributed by atoms with Crippen LogP contribution in [0.4, 0.5) is 11.4 Å². The van der Waals surface area contributed by atoms with Gasteiger partial charge in [-0.05, 0) is 15.9 Å². The Morgan fingerprint density at radius 3 is 3.00 bits per heavy atom. The highest BCUT2D eigenvalue weighted by Gasteiger charge is 2.33. The molecule has 1 amide bonds. The summed E-state index contributed by atoms with van der Waals surface area (Å²) in [6.07, 6.45) is 2.63. The van der Waals surface area contributed by atoms with E-state index in [0.29, 0.717) is 29.8 Å². The van der Waals surface area contributed by atoms with Crippen molar-refractivity contribution in [2.75, 3.05) is 24.5 Å². The highest BCUT2D eigenvalue weighted by atomic mass is 79.9. The number of nitro groups is 1. The highest BCUT2D eigenvalue weighted by Crippen LogP contribution is 2.36. The maximum atomic E-state index is 11.5. The molecule has 1 unspecified atom stereocenters. The van der Waals surface area contributed by atoms with E-state index in [9.17, 15) is 14.9 Å². The minimum atomic E-state index is -0.619. The molecule has 8 nitrogen and oxygen atoms in total. The molecular weight excluding hydrogens is 318 g/mol. The van der Waals surface area contributed by atoms with Crippen molar-refractivity contribution in [3.63, 3.8) is 0 Å². The maximum absolute atomic E-state index is 11.5. The van der Waals surface area contributed by atoms with Crippen molar-refractivity contribution < 1.29 is 9.72 Å². The summed E-state index contributed by atoms with van der Waals surface area (Å²) >= 11 is 3.25. The van der Waals surface area contributed by atoms with Gasteiger partial charge in [-0.25, -0.2) is 0 Å². The first kappa shape index (κ1) is 13.7. The van der Waals surface area contributed by atoms with Gasteiger partial charge in [0.05, 0.1) is 9.40 Å². The van der Waals surface area contributed by atoms with Gasteiger partial charge in [0.2, 0.25) is 5.91 Å². The predicted octanol–water partition coefficient (Wildman–Crippen LogP) is 0.0158. The van der Waals surface area contributed by atoms with Crippen LogP contribution < -0.4 is 16.0 Å². The fraction of sp³-hybridized carbons (Fsp3) is 0.400. The van der Waals surface area contributed by atoms with Gasteiger partial charge in [-0.3, -0.25) is 19.9 Å². The zero-order chi connectivity index (χ0) is 14.0. The third-order valence-corrected chi connectivity index (χ3v) is 3.49. The molecular formula is C10H12BrN5O3. The zero-order valence-corrected chi connectivity index (χ0v) is 11.5. The molecule has 1 saturated heterocycles. The minimum Gasteiger partial charge on any atom is -0.368 e. The van der Waals surface area contributed by atoms with Crippen LogP contribution >= 0.6 is 15.9 Å². The van der Waals surface area contributed by atoms with E-state index in [2.05, 4.69) is 26.2 Å².